The van der Waals surface area contributed by atoms with Crippen LogP contribution in [0.15, 0.2) is 18.2 Å². The topological polar surface area (TPSA) is 46.3 Å². The number of nitrogens with zero attached hydrogens (tertiary/aromatic N) is 1. The van der Waals surface area contributed by atoms with Crippen LogP contribution >= 0.6 is 0 Å². The molecule has 0 bridgehead atoms. The number of nitrogens with two attached hydrogens (primary N) is 1. The van der Waals surface area contributed by atoms with Gasteiger partial charge in [0.15, 0.2) is 11.6 Å². The zero-order valence-corrected chi connectivity index (χ0v) is 11.7. The van der Waals surface area contributed by atoms with Crippen LogP contribution < -0.4 is 5.73 Å². The second kappa shape index (κ2) is 5.87. The molecule has 1 fully saturated rings. The van der Waals surface area contributed by atoms with Gasteiger partial charge in [-0.3, -0.25) is 4.79 Å². The predicted octanol–water partition coefficient (Wildman–Crippen LogP) is 2.58. The Balaban J connectivity index is 2.12. The Morgan fingerprint density at radius 1 is 1.30 bits per heavy atom. The van der Waals surface area contributed by atoms with Gasteiger partial charge in [-0.1, -0.05) is 18.9 Å². The second-order valence-corrected chi connectivity index (χ2v) is 5.43. The van der Waals surface area contributed by atoms with Crippen LogP contribution in [0.2, 0.25) is 0 Å². The molecule has 0 aromatic heterocycles. The van der Waals surface area contributed by atoms with Crippen LogP contribution in [0.25, 0.3) is 0 Å². The van der Waals surface area contributed by atoms with Crippen LogP contribution in [0.3, 0.4) is 0 Å². The minimum Gasteiger partial charge on any atom is -0.337 e. The Kier molecular flexibility index (Phi) is 4.38. The molecule has 1 aromatic rings. The van der Waals surface area contributed by atoms with E-state index >= 15 is 0 Å². The number of benzene rings is 1. The van der Waals surface area contributed by atoms with Crippen molar-refractivity contribution in [3.8, 4) is 0 Å². The largest absolute Gasteiger partial charge is 0.337 e. The molecule has 1 aliphatic rings. The lowest BCUT2D eigenvalue weighted by Gasteiger charge is -2.31. The van der Waals surface area contributed by atoms with Gasteiger partial charge in [-0.25, -0.2) is 8.78 Å². The molecule has 0 spiro atoms. The van der Waals surface area contributed by atoms with E-state index in [1.807, 2.05) is 6.92 Å². The minimum atomic E-state index is -0.894. The number of amides is 1. The summed E-state index contributed by atoms with van der Waals surface area (Å²) in [4.78, 5) is 14.1. The van der Waals surface area contributed by atoms with E-state index in [1.54, 1.807) is 4.90 Å². The summed E-state index contributed by atoms with van der Waals surface area (Å²) in [5.74, 6) is -1.87. The van der Waals surface area contributed by atoms with Crippen molar-refractivity contribution in [3.05, 3.63) is 35.4 Å². The van der Waals surface area contributed by atoms with Crippen molar-refractivity contribution < 1.29 is 13.6 Å². The third kappa shape index (κ3) is 2.98. The lowest BCUT2D eigenvalue weighted by molar-refractivity contribution is -0.137. The van der Waals surface area contributed by atoms with E-state index in [-0.39, 0.29) is 12.5 Å². The fourth-order valence-corrected chi connectivity index (χ4v) is 2.72. The summed E-state index contributed by atoms with van der Waals surface area (Å²) < 4.78 is 26.1. The number of carbonyl (C=O) groups excluding carboxylic acids is 1. The average molecular weight is 282 g/mol. The molecule has 1 aromatic carbocycles. The summed E-state index contributed by atoms with van der Waals surface area (Å²) >= 11 is 0. The molecular formula is C15H20F2N2O. The van der Waals surface area contributed by atoms with E-state index in [0.717, 1.165) is 25.0 Å². The molecule has 5 heteroatoms. The Morgan fingerprint density at radius 3 is 2.50 bits per heavy atom. The first-order valence-corrected chi connectivity index (χ1v) is 6.98. The minimum absolute atomic E-state index is 0.0952. The quantitative estimate of drug-likeness (QED) is 0.922. The highest BCUT2D eigenvalue weighted by Gasteiger charge is 2.39. The lowest BCUT2D eigenvalue weighted by atomic mass is 9.97. The number of likely N-dealkylation sites (N-methyl/N-ethyl adjacent to an activating group) is 1. The first-order chi connectivity index (χ1) is 9.46. The van der Waals surface area contributed by atoms with Crippen molar-refractivity contribution in [2.75, 3.05) is 6.54 Å². The Bertz CT molecular complexity index is 499. The summed E-state index contributed by atoms with van der Waals surface area (Å²) in [6.07, 6.45) is 3.32. The molecule has 1 saturated carbocycles. The molecule has 3 nitrogen and oxygen atoms in total. The maximum absolute atomic E-state index is 13.2. The van der Waals surface area contributed by atoms with Crippen molar-refractivity contribution in [1.29, 1.82) is 0 Å². The van der Waals surface area contributed by atoms with Gasteiger partial charge in [0.1, 0.15) is 0 Å². The van der Waals surface area contributed by atoms with E-state index in [9.17, 15) is 13.6 Å². The summed E-state index contributed by atoms with van der Waals surface area (Å²) in [7, 11) is 0. The van der Waals surface area contributed by atoms with E-state index in [0.29, 0.717) is 24.9 Å². The van der Waals surface area contributed by atoms with Crippen LogP contribution in [0.4, 0.5) is 8.78 Å². The van der Waals surface area contributed by atoms with Gasteiger partial charge in [0, 0.05) is 13.1 Å². The van der Waals surface area contributed by atoms with E-state index in [1.165, 1.54) is 6.07 Å². The normalized spacial score (nSPS) is 17.2. The van der Waals surface area contributed by atoms with Crippen molar-refractivity contribution in [1.82, 2.24) is 4.90 Å². The van der Waals surface area contributed by atoms with Gasteiger partial charge in [-0.05, 0) is 37.5 Å². The van der Waals surface area contributed by atoms with Crippen LogP contribution in [0.5, 0.6) is 0 Å². The first-order valence-electron chi connectivity index (χ1n) is 6.98. The van der Waals surface area contributed by atoms with Gasteiger partial charge >= 0.3 is 0 Å². The standard InChI is InChI=1S/C15H20F2N2O/c1-2-19(14(20)15(18)7-3-4-8-15)10-11-5-6-12(16)13(17)9-11/h5-6,9H,2-4,7-8,10,18H2,1H3. The van der Waals surface area contributed by atoms with Gasteiger partial charge in [0.2, 0.25) is 5.91 Å². The summed E-state index contributed by atoms with van der Waals surface area (Å²) in [5.41, 5.74) is 5.95. The molecule has 0 radical (unpaired) electrons. The number of carbonyl (C=O) groups is 1. The monoisotopic (exact) mass is 282 g/mol. The van der Waals surface area contributed by atoms with Gasteiger partial charge in [-0.15, -0.1) is 0 Å². The number of hydrogen-bond acceptors (Lipinski definition) is 2. The molecule has 1 amide bonds. The van der Waals surface area contributed by atoms with Crippen molar-refractivity contribution in [2.45, 2.75) is 44.7 Å². The van der Waals surface area contributed by atoms with Gasteiger partial charge < -0.3 is 10.6 Å². The van der Waals surface area contributed by atoms with Gasteiger partial charge in [0.05, 0.1) is 5.54 Å². The van der Waals surface area contributed by atoms with E-state index in [2.05, 4.69) is 0 Å². The molecule has 0 atom stereocenters. The maximum atomic E-state index is 13.2. The first kappa shape index (κ1) is 14.9. The van der Waals surface area contributed by atoms with Crippen LogP contribution in [0.1, 0.15) is 38.2 Å². The van der Waals surface area contributed by atoms with Crippen molar-refractivity contribution in [3.63, 3.8) is 0 Å². The van der Waals surface area contributed by atoms with Crippen molar-refractivity contribution in [2.24, 2.45) is 5.73 Å². The molecule has 0 unspecified atom stereocenters. The van der Waals surface area contributed by atoms with Crippen LogP contribution in [0, 0.1) is 11.6 Å². The van der Waals surface area contributed by atoms with E-state index < -0.39 is 17.2 Å². The molecule has 0 saturated heterocycles. The highest BCUT2D eigenvalue weighted by atomic mass is 19.2. The number of halogens is 2. The third-order valence-corrected chi connectivity index (χ3v) is 3.95. The van der Waals surface area contributed by atoms with Crippen LogP contribution in [-0.4, -0.2) is 22.9 Å². The number of hydrogen-bond donors (Lipinski definition) is 1. The fourth-order valence-electron chi connectivity index (χ4n) is 2.72. The Morgan fingerprint density at radius 2 is 1.95 bits per heavy atom. The maximum Gasteiger partial charge on any atom is 0.242 e. The molecule has 20 heavy (non-hydrogen) atoms. The highest BCUT2D eigenvalue weighted by molar-refractivity contribution is 5.86. The third-order valence-electron chi connectivity index (χ3n) is 3.95. The molecule has 2 N–H and O–H groups in total. The predicted molar refractivity (Wildman–Crippen MR) is 72.8 cm³/mol. The lowest BCUT2D eigenvalue weighted by Crippen LogP contribution is -2.53. The summed E-state index contributed by atoms with van der Waals surface area (Å²) in [6.45, 7) is 2.61. The average Bonchev–Trinajstić information content (AvgIpc) is 2.87. The smallest absolute Gasteiger partial charge is 0.242 e. The SMILES string of the molecule is CCN(Cc1ccc(F)c(F)c1)C(=O)C1(N)CCCC1. The van der Waals surface area contributed by atoms with Crippen molar-refractivity contribution >= 4 is 5.91 Å². The molecule has 0 aliphatic heterocycles. The van der Waals surface area contributed by atoms with Gasteiger partial charge in [0.25, 0.3) is 0 Å². The molecular weight excluding hydrogens is 262 g/mol. The fraction of sp³-hybridized carbons (Fsp3) is 0.533. The second-order valence-electron chi connectivity index (χ2n) is 5.43. The highest BCUT2D eigenvalue weighted by Crippen LogP contribution is 2.29. The summed E-state index contributed by atoms with van der Waals surface area (Å²) in [5, 5.41) is 0. The van der Waals surface area contributed by atoms with Gasteiger partial charge in [-0.2, -0.15) is 0 Å². The Hall–Kier alpha value is -1.49. The summed E-state index contributed by atoms with van der Waals surface area (Å²) in [6, 6.07) is 3.70. The zero-order chi connectivity index (χ0) is 14.8. The van der Waals surface area contributed by atoms with E-state index in [4.69, 9.17) is 5.73 Å². The molecule has 2 rings (SSSR count). The molecule has 1 aliphatic carbocycles. The Labute approximate surface area is 117 Å². The molecule has 0 heterocycles. The zero-order valence-electron chi connectivity index (χ0n) is 11.7. The molecule has 110 valence electrons. The number of rotatable bonds is 4. The van der Waals surface area contributed by atoms with Crippen LogP contribution in [-0.2, 0) is 11.3 Å².